The Balaban J connectivity index is 1.39. The van der Waals surface area contributed by atoms with Crippen LogP contribution < -0.4 is 21.7 Å². The summed E-state index contributed by atoms with van der Waals surface area (Å²) < 4.78 is 5.59. The van der Waals surface area contributed by atoms with Gasteiger partial charge in [0.15, 0.2) is 0 Å². The number of H-pyrrole nitrogens is 1. The maximum absolute atomic E-state index is 14.0. The second kappa shape index (κ2) is 14.2. The van der Waals surface area contributed by atoms with Gasteiger partial charge in [-0.1, -0.05) is 84.4 Å². The SMILES string of the molecule is C[C@](Cc1ccc(Cl)cc1)(NC(=O)[C@H](Cc1c[nH]c2ccccc12)NC(=O)OCc1cccc2ccccc12)C(=O)NCC(N)=O. The molecule has 0 aliphatic rings. The molecule has 4 aromatic carbocycles. The molecule has 6 N–H and O–H groups in total. The number of benzene rings is 4. The summed E-state index contributed by atoms with van der Waals surface area (Å²) in [6.07, 6.45) is 1.14. The van der Waals surface area contributed by atoms with E-state index in [1.54, 1.807) is 30.5 Å². The van der Waals surface area contributed by atoms with Gasteiger partial charge in [0.05, 0.1) is 6.54 Å². The molecule has 0 radical (unpaired) electrons. The first kappa shape index (κ1) is 32.1. The van der Waals surface area contributed by atoms with Crippen LogP contribution in [0.2, 0.25) is 5.02 Å². The molecule has 0 spiro atoms. The number of rotatable bonds is 12. The Hall–Kier alpha value is -5.35. The first-order valence-corrected chi connectivity index (χ1v) is 15.1. The van der Waals surface area contributed by atoms with Crippen LogP contribution in [0.4, 0.5) is 4.79 Å². The van der Waals surface area contributed by atoms with Crippen molar-refractivity contribution in [2.75, 3.05) is 6.54 Å². The Morgan fingerprint density at radius 1 is 0.891 bits per heavy atom. The van der Waals surface area contributed by atoms with Gasteiger partial charge in [0.1, 0.15) is 18.2 Å². The molecule has 1 heterocycles. The fraction of sp³-hybridized carbons (Fsp3) is 0.200. The number of carbonyl (C=O) groups is 4. The average Bonchev–Trinajstić information content (AvgIpc) is 3.46. The van der Waals surface area contributed by atoms with Gasteiger partial charge in [-0.15, -0.1) is 0 Å². The number of para-hydroxylation sites is 1. The van der Waals surface area contributed by atoms with Crippen LogP contribution in [0, 0.1) is 0 Å². The van der Waals surface area contributed by atoms with Crippen LogP contribution in [-0.4, -0.2) is 46.9 Å². The number of aromatic nitrogens is 1. The van der Waals surface area contributed by atoms with Gasteiger partial charge in [0.25, 0.3) is 0 Å². The van der Waals surface area contributed by atoms with Crippen molar-refractivity contribution in [3.8, 4) is 0 Å². The van der Waals surface area contributed by atoms with E-state index in [0.29, 0.717) is 10.6 Å². The van der Waals surface area contributed by atoms with Crippen molar-refractivity contribution in [1.29, 1.82) is 0 Å². The number of fused-ring (bicyclic) bond motifs is 2. The highest BCUT2D eigenvalue weighted by Gasteiger charge is 2.38. The summed E-state index contributed by atoms with van der Waals surface area (Å²) in [5, 5.41) is 11.4. The van der Waals surface area contributed by atoms with Crippen LogP contribution in [0.1, 0.15) is 23.6 Å². The minimum Gasteiger partial charge on any atom is -0.445 e. The molecule has 0 aliphatic heterocycles. The topological polar surface area (TPSA) is 155 Å². The van der Waals surface area contributed by atoms with Crippen molar-refractivity contribution >= 4 is 57.1 Å². The molecule has 4 amide bonds. The van der Waals surface area contributed by atoms with Crippen LogP contribution in [-0.2, 0) is 38.6 Å². The first-order chi connectivity index (χ1) is 22.1. The summed E-state index contributed by atoms with van der Waals surface area (Å²) in [5.41, 5.74) is 6.89. The summed E-state index contributed by atoms with van der Waals surface area (Å²) >= 11 is 6.05. The van der Waals surface area contributed by atoms with Gasteiger partial charge < -0.3 is 31.4 Å². The van der Waals surface area contributed by atoms with Crippen molar-refractivity contribution in [2.45, 2.75) is 38.0 Å². The van der Waals surface area contributed by atoms with Crippen molar-refractivity contribution in [3.05, 3.63) is 119 Å². The molecule has 11 heteroatoms. The van der Waals surface area contributed by atoms with Crippen molar-refractivity contribution in [2.24, 2.45) is 5.73 Å². The number of nitrogens with two attached hydrogens (primary N) is 1. The van der Waals surface area contributed by atoms with E-state index in [2.05, 4.69) is 20.9 Å². The quantitative estimate of drug-likeness (QED) is 0.136. The molecule has 1 aromatic heterocycles. The van der Waals surface area contributed by atoms with E-state index in [9.17, 15) is 19.2 Å². The predicted octanol–water partition coefficient (Wildman–Crippen LogP) is 4.53. The van der Waals surface area contributed by atoms with Gasteiger partial charge >= 0.3 is 6.09 Å². The Morgan fingerprint density at radius 3 is 2.35 bits per heavy atom. The average molecular weight is 640 g/mol. The second-order valence-corrected chi connectivity index (χ2v) is 11.7. The highest BCUT2D eigenvalue weighted by atomic mass is 35.5. The van der Waals surface area contributed by atoms with E-state index in [-0.39, 0.29) is 19.4 Å². The second-order valence-electron chi connectivity index (χ2n) is 11.2. The number of aromatic amines is 1. The summed E-state index contributed by atoms with van der Waals surface area (Å²) in [5.74, 6) is -1.99. The molecule has 2 atom stereocenters. The molecule has 10 nitrogen and oxygen atoms in total. The Morgan fingerprint density at radius 2 is 1.59 bits per heavy atom. The number of amides is 4. The van der Waals surface area contributed by atoms with Crippen molar-refractivity contribution in [3.63, 3.8) is 0 Å². The van der Waals surface area contributed by atoms with Gasteiger partial charge in [-0.25, -0.2) is 4.79 Å². The lowest BCUT2D eigenvalue weighted by atomic mass is 9.90. The minimum absolute atomic E-state index is 0.0155. The number of alkyl carbamates (subject to hydrolysis) is 1. The van der Waals surface area contributed by atoms with Gasteiger partial charge in [-0.05, 0) is 52.6 Å². The largest absolute Gasteiger partial charge is 0.445 e. The fourth-order valence-electron chi connectivity index (χ4n) is 5.39. The normalized spacial score (nSPS) is 13.0. The lowest BCUT2D eigenvalue weighted by Crippen LogP contribution is -2.62. The van der Waals surface area contributed by atoms with Crippen LogP contribution in [0.15, 0.2) is 97.2 Å². The van der Waals surface area contributed by atoms with Crippen molar-refractivity contribution in [1.82, 2.24) is 20.9 Å². The number of hydrogen-bond acceptors (Lipinski definition) is 5. The third kappa shape index (κ3) is 7.83. The summed E-state index contributed by atoms with van der Waals surface area (Å²) in [7, 11) is 0. The fourth-order valence-corrected chi connectivity index (χ4v) is 5.51. The smallest absolute Gasteiger partial charge is 0.408 e. The third-order valence-electron chi connectivity index (χ3n) is 7.74. The van der Waals surface area contributed by atoms with Gasteiger partial charge in [-0.2, -0.15) is 0 Å². The highest BCUT2D eigenvalue weighted by Crippen LogP contribution is 2.22. The van der Waals surface area contributed by atoms with Crippen LogP contribution in [0.5, 0.6) is 0 Å². The number of nitrogens with one attached hydrogen (secondary N) is 4. The lowest BCUT2D eigenvalue weighted by molar-refractivity contribution is -0.134. The van der Waals surface area contributed by atoms with E-state index >= 15 is 0 Å². The Kier molecular flexibility index (Phi) is 9.88. The van der Waals surface area contributed by atoms with Gasteiger partial charge in [0.2, 0.25) is 17.7 Å². The zero-order valence-electron chi connectivity index (χ0n) is 25.1. The minimum atomic E-state index is -1.53. The molecule has 0 saturated heterocycles. The zero-order valence-corrected chi connectivity index (χ0v) is 25.9. The monoisotopic (exact) mass is 639 g/mol. The standard InChI is InChI=1S/C35H34ClN5O5/c1-35(33(44)39-20-31(37)42,18-22-13-15-26(36)16-14-22)41-32(43)30(17-25-19-38-29-12-5-4-11-28(25)29)40-34(45)46-21-24-9-6-8-23-7-2-3-10-27(23)24/h2-16,19,30,38H,17-18,20-21H2,1H3,(H2,37,42)(H,39,44)(H,40,45)(H,41,43)/t30-,35+/m0/s1. The molecule has 0 aliphatic carbocycles. The highest BCUT2D eigenvalue weighted by molar-refractivity contribution is 6.30. The van der Waals surface area contributed by atoms with E-state index in [4.69, 9.17) is 22.1 Å². The van der Waals surface area contributed by atoms with Crippen LogP contribution >= 0.6 is 11.6 Å². The molecular weight excluding hydrogens is 606 g/mol. The third-order valence-corrected chi connectivity index (χ3v) is 7.99. The maximum Gasteiger partial charge on any atom is 0.408 e. The molecule has 0 saturated carbocycles. The van der Waals surface area contributed by atoms with Gasteiger partial charge in [-0.3, -0.25) is 14.4 Å². The number of primary amides is 1. The Labute approximate surface area is 270 Å². The molecule has 0 fully saturated rings. The van der Waals surface area contributed by atoms with E-state index in [0.717, 1.165) is 32.8 Å². The van der Waals surface area contributed by atoms with E-state index in [1.165, 1.54) is 6.92 Å². The predicted molar refractivity (Wildman–Crippen MR) is 177 cm³/mol. The van der Waals surface area contributed by atoms with Crippen molar-refractivity contribution < 1.29 is 23.9 Å². The van der Waals surface area contributed by atoms with Gasteiger partial charge in [0, 0.05) is 35.0 Å². The zero-order chi connectivity index (χ0) is 32.7. The number of carbonyl (C=O) groups excluding carboxylic acids is 4. The molecule has 0 bridgehead atoms. The molecule has 46 heavy (non-hydrogen) atoms. The molecule has 5 rings (SSSR count). The van der Waals surface area contributed by atoms with E-state index in [1.807, 2.05) is 66.7 Å². The Bertz CT molecular complexity index is 1880. The molecule has 5 aromatic rings. The van der Waals surface area contributed by atoms with Crippen LogP contribution in [0.3, 0.4) is 0 Å². The van der Waals surface area contributed by atoms with E-state index < -0.39 is 41.9 Å². The maximum atomic E-state index is 14.0. The summed E-state index contributed by atoms with van der Waals surface area (Å²) in [6.45, 7) is 1.11. The number of halogens is 1. The number of hydrogen-bond donors (Lipinski definition) is 5. The lowest BCUT2D eigenvalue weighted by Gasteiger charge is -2.31. The summed E-state index contributed by atoms with van der Waals surface area (Å²) in [6, 6.07) is 26.8. The van der Waals surface area contributed by atoms with Crippen LogP contribution in [0.25, 0.3) is 21.7 Å². The molecule has 0 unspecified atom stereocenters. The molecular formula is C35H34ClN5O5. The first-order valence-electron chi connectivity index (χ1n) is 14.7. The molecule has 236 valence electrons. The summed E-state index contributed by atoms with van der Waals surface area (Å²) in [4.78, 5) is 55.2. The number of ether oxygens (including phenoxy) is 1.